The number of aryl methyl sites for hydroxylation is 1. The van der Waals surface area contributed by atoms with Crippen molar-refractivity contribution in [1.82, 2.24) is 0 Å². The summed E-state index contributed by atoms with van der Waals surface area (Å²) < 4.78 is 5.32. The molecule has 0 aliphatic heterocycles. The number of ether oxygens (including phenoxy) is 1. The lowest BCUT2D eigenvalue weighted by Gasteiger charge is -2.10. The van der Waals surface area contributed by atoms with E-state index in [4.69, 9.17) is 14.9 Å². The van der Waals surface area contributed by atoms with Gasteiger partial charge in [0.2, 0.25) is 0 Å². The molecule has 0 saturated heterocycles. The Morgan fingerprint density at radius 3 is 2.47 bits per heavy atom. The molecule has 0 aromatic heterocycles. The monoisotopic (exact) mass is 240 g/mol. The molecule has 1 unspecified atom stereocenters. The molecule has 4 nitrogen and oxygen atoms in total. The van der Waals surface area contributed by atoms with Crippen LogP contribution in [0, 0.1) is 0 Å². The molecule has 1 atom stereocenters. The van der Waals surface area contributed by atoms with Gasteiger partial charge in [0.25, 0.3) is 0 Å². The fraction of sp³-hybridized carbons (Fsp3) is 0.538. The lowest BCUT2D eigenvalue weighted by atomic mass is 10.1. The van der Waals surface area contributed by atoms with Crippen molar-refractivity contribution in [2.75, 3.05) is 19.8 Å². The average molecular weight is 240 g/mol. The van der Waals surface area contributed by atoms with Crippen molar-refractivity contribution in [2.45, 2.75) is 25.4 Å². The minimum atomic E-state index is -0.813. The zero-order valence-corrected chi connectivity index (χ0v) is 10.1. The number of benzene rings is 1. The largest absolute Gasteiger partial charge is 0.491 e. The van der Waals surface area contributed by atoms with Gasteiger partial charge in [-0.15, -0.1) is 0 Å². The van der Waals surface area contributed by atoms with E-state index in [-0.39, 0.29) is 13.2 Å². The fourth-order valence-electron chi connectivity index (χ4n) is 1.50. The van der Waals surface area contributed by atoms with E-state index in [0.29, 0.717) is 0 Å². The van der Waals surface area contributed by atoms with Crippen LogP contribution in [-0.4, -0.2) is 36.1 Å². The number of aliphatic hydroxyl groups excluding tert-OH is 2. The minimum absolute atomic E-state index is 0.122. The molecular formula is C13H22NO3+. The highest BCUT2D eigenvalue weighted by Crippen LogP contribution is 2.14. The van der Waals surface area contributed by atoms with Gasteiger partial charge in [0.05, 0.1) is 13.2 Å². The van der Waals surface area contributed by atoms with Crippen LogP contribution >= 0.6 is 0 Å². The van der Waals surface area contributed by atoms with Gasteiger partial charge in [0.1, 0.15) is 18.5 Å². The van der Waals surface area contributed by atoms with Gasteiger partial charge in [0.15, 0.2) is 0 Å². The van der Waals surface area contributed by atoms with Crippen LogP contribution in [-0.2, 0) is 6.42 Å². The zero-order valence-electron chi connectivity index (χ0n) is 10.1. The van der Waals surface area contributed by atoms with E-state index in [1.165, 1.54) is 5.56 Å². The first-order chi connectivity index (χ1) is 8.26. The molecule has 0 radical (unpaired) electrons. The molecular weight excluding hydrogens is 218 g/mol. The third-order valence-electron chi connectivity index (χ3n) is 2.54. The molecule has 17 heavy (non-hydrogen) atoms. The molecule has 0 fully saturated rings. The summed E-state index contributed by atoms with van der Waals surface area (Å²) >= 11 is 0. The lowest BCUT2D eigenvalue weighted by molar-refractivity contribution is -0.368. The lowest BCUT2D eigenvalue weighted by Crippen LogP contribution is -2.50. The second-order valence-electron chi connectivity index (χ2n) is 4.10. The highest BCUT2D eigenvalue weighted by molar-refractivity contribution is 5.27. The standard InChI is InChI=1S/C13H21NO3/c14-8-2-1-3-11-4-6-13(7-5-11)17-10-12(16)9-15/h4-7,12,15-16H,1-3,8-10,14H2/p+1. The van der Waals surface area contributed by atoms with Crippen molar-refractivity contribution >= 4 is 0 Å². The summed E-state index contributed by atoms with van der Waals surface area (Å²) in [6.45, 7) is 0.834. The first-order valence-electron chi connectivity index (χ1n) is 6.06. The van der Waals surface area contributed by atoms with Crippen LogP contribution in [0.3, 0.4) is 0 Å². The first kappa shape index (κ1) is 14.0. The summed E-state index contributed by atoms with van der Waals surface area (Å²) in [6, 6.07) is 7.85. The number of hydrogen-bond acceptors (Lipinski definition) is 3. The van der Waals surface area contributed by atoms with Gasteiger partial charge in [-0.25, -0.2) is 0 Å². The van der Waals surface area contributed by atoms with E-state index in [9.17, 15) is 0 Å². The SMILES string of the molecule is [NH3+]CCCCc1ccc(OCC(O)CO)cc1. The third kappa shape index (κ3) is 5.68. The smallest absolute Gasteiger partial charge is 0.119 e. The maximum Gasteiger partial charge on any atom is 0.119 e. The molecule has 5 N–H and O–H groups in total. The summed E-state index contributed by atoms with van der Waals surface area (Å²) in [4.78, 5) is 0. The fourth-order valence-corrected chi connectivity index (χ4v) is 1.50. The molecule has 0 spiro atoms. The molecule has 1 rings (SSSR count). The summed E-state index contributed by atoms with van der Waals surface area (Å²) in [7, 11) is 0. The van der Waals surface area contributed by atoms with Crippen molar-refractivity contribution in [3.8, 4) is 5.75 Å². The Labute approximate surface area is 102 Å². The summed E-state index contributed by atoms with van der Waals surface area (Å²) in [5.74, 6) is 0.721. The normalized spacial score (nSPS) is 12.4. The van der Waals surface area contributed by atoms with Gasteiger partial charge < -0.3 is 20.7 Å². The van der Waals surface area contributed by atoms with E-state index in [2.05, 4.69) is 5.73 Å². The van der Waals surface area contributed by atoms with E-state index in [1.807, 2.05) is 24.3 Å². The van der Waals surface area contributed by atoms with Crippen molar-refractivity contribution in [1.29, 1.82) is 0 Å². The molecule has 0 amide bonds. The Hall–Kier alpha value is -1.10. The van der Waals surface area contributed by atoms with Gasteiger partial charge in [-0.05, 0) is 37.0 Å². The highest BCUT2D eigenvalue weighted by Gasteiger charge is 2.02. The summed E-state index contributed by atoms with van der Waals surface area (Å²) in [5, 5.41) is 17.8. The quantitative estimate of drug-likeness (QED) is 0.559. The van der Waals surface area contributed by atoms with Crippen LogP contribution in [0.25, 0.3) is 0 Å². The van der Waals surface area contributed by atoms with E-state index >= 15 is 0 Å². The predicted octanol–water partition coefficient (Wildman–Crippen LogP) is -0.0168. The van der Waals surface area contributed by atoms with Crippen molar-refractivity contribution < 1.29 is 20.7 Å². The summed E-state index contributed by atoms with van der Waals surface area (Å²) in [5.41, 5.74) is 5.10. The number of unbranched alkanes of at least 4 members (excludes halogenated alkanes) is 1. The second-order valence-corrected chi connectivity index (χ2v) is 4.10. The predicted molar refractivity (Wildman–Crippen MR) is 65.7 cm³/mol. The molecule has 1 aromatic rings. The van der Waals surface area contributed by atoms with Crippen LogP contribution in [0.2, 0.25) is 0 Å². The van der Waals surface area contributed by atoms with Crippen LogP contribution in [0.1, 0.15) is 18.4 Å². The van der Waals surface area contributed by atoms with Crippen molar-refractivity contribution in [3.05, 3.63) is 29.8 Å². The summed E-state index contributed by atoms with van der Waals surface area (Å²) in [6.07, 6.45) is 2.56. The minimum Gasteiger partial charge on any atom is -0.491 e. The average Bonchev–Trinajstić information content (AvgIpc) is 2.37. The maximum absolute atomic E-state index is 9.14. The molecule has 0 bridgehead atoms. The van der Waals surface area contributed by atoms with Gasteiger partial charge in [0, 0.05) is 0 Å². The number of hydrogen-bond donors (Lipinski definition) is 3. The Balaban J connectivity index is 2.34. The van der Waals surface area contributed by atoms with Crippen LogP contribution in [0.15, 0.2) is 24.3 Å². The van der Waals surface area contributed by atoms with Gasteiger partial charge >= 0.3 is 0 Å². The number of aliphatic hydroxyl groups is 2. The Bertz CT molecular complexity index is 300. The van der Waals surface area contributed by atoms with E-state index < -0.39 is 6.10 Å². The van der Waals surface area contributed by atoms with Crippen LogP contribution in [0.5, 0.6) is 5.75 Å². The molecule has 0 aliphatic rings. The van der Waals surface area contributed by atoms with Crippen LogP contribution < -0.4 is 10.5 Å². The zero-order chi connectivity index (χ0) is 12.5. The topological polar surface area (TPSA) is 77.3 Å². The van der Waals surface area contributed by atoms with E-state index in [0.717, 1.165) is 31.6 Å². The number of rotatable bonds is 8. The van der Waals surface area contributed by atoms with Gasteiger partial charge in [-0.2, -0.15) is 0 Å². The Morgan fingerprint density at radius 1 is 1.18 bits per heavy atom. The molecule has 0 heterocycles. The van der Waals surface area contributed by atoms with Crippen LogP contribution in [0.4, 0.5) is 0 Å². The molecule has 96 valence electrons. The maximum atomic E-state index is 9.14. The number of quaternary nitrogens is 1. The van der Waals surface area contributed by atoms with Crippen molar-refractivity contribution in [2.24, 2.45) is 0 Å². The Morgan fingerprint density at radius 2 is 1.88 bits per heavy atom. The third-order valence-corrected chi connectivity index (χ3v) is 2.54. The Kier molecular flexibility index (Phi) is 6.62. The molecule has 4 heteroatoms. The van der Waals surface area contributed by atoms with Gasteiger partial charge in [-0.3, -0.25) is 0 Å². The second kappa shape index (κ2) is 8.06. The molecule has 0 saturated carbocycles. The van der Waals surface area contributed by atoms with Gasteiger partial charge in [-0.1, -0.05) is 12.1 Å². The highest BCUT2D eigenvalue weighted by atomic mass is 16.5. The van der Waals surface area contributed by atoms with Crippen molar-refractivity contribution in [3.63, 3.8) is 0 Å². The molecule has 0 aliphatic carbocycles. The first-order valence-corrected chi connectivity index (χ1v) is 6.06. The van der Waals surface area contributed by atoms with E-state index in [1.54, 1.807) is 0 Å². The molecule has 1 aromatic carbocycles.